The van der Waals surface area contributed by atoms with Crippen molar-refractivity contribution in [2.45, 2.75) is 20.8 Å². The number of rotatable bonds is 5. The first kappa shape index (κ1) is 19.7. The normalized spacial score (nSPS) is 13.7. The number of hydrogen-bond acceptors (Lipinski definition) is 6. The molecule has 0 spiro atoms. The largest absolute Gasteiger partial charge is 0.496 e. The van der Waals surface area contributed by atoms with Crippen molar-refractivity contribution in [3.05, 3.63) is 35.4 Å². The minimum absolute atomic E-state index is 0.0853. The fourth-order valence-corrected chi connectivity index (χ4v) is 3.04. The van der Waals surface area contributed by atoms with Crippen LogP contribution in [0.25, 0.3) is 10.8 Å². The van der Waals surface area contributed by atoms with Gasteiger partial charge in [0.05, 0.1) is 17.9 Å². The van der Waals surface area contributed by atoms with Gasteiger partial charge >= 0.3 is 5.97 Å². The van der Waals surface area contributed by atoms with Crippen molar-refractivity contribution in [2.75, 3.05) is 27.4 Å². The fourth-order valence-electron chi connectivity index (χ4n) is 3.04. The van der Waals surface area contributed by atoms with Gasteiger partial charge in [-0.25, -0.2) is 0 Å². The standard InChI is InChI=1S/C21H23NO6/c1-21(2,3)20(25)28-11-10-27-15-9-7-13-16-12(18(23)22(4)19(13)24)6-8-14(26-5)17(15)16/h6-9H,10-11H2,1-5H3. The molecule has 1 aliphatic heterocycles. The molecule has 0 fully saturated rings. The van der Waals surface area contributed by atoms with E-state index < -0.39 is 5.41 Å². The van der Waals surface area contributed by atoms with E-state index in [4.69, 9.17) is 14.2 Å². The molecule has 7 nitrogen and oxygen atoms in total. The lowest BCUT2D eigenvalue weighted by molar-refractivity contribution is -0.153. The number of benzene rings is 2. The Morgan fingerprint density at radius 3 is 2.04 bits per heavy atom. The zero-order chi connectivity index (χ0) is 20.6. The lowest BCUT2D eigenvalue weighted by Gasteiger charge is -2.25. The molecule has 0 aromatic heterocycles. The lowest BCUT2D eigenvalue weighted by atomic mass is 9.93. The van der Waals surface area contributed by atoms with Crippen LogP contribution in [0.1, 0.15) is 41.5 Å². The van der Waals surface area contributed by atoms with E-state index in [9.17, 15) is 14.4 Å². The van der Waals surface area contributed by atoms with E-state index in [1.807, 2.05) is 0 Å². The van der Waals surface area contributed by atoms with Crippen molar-refractivity contribution in [2.24, 2.45) is 5.41 Å². The second-order valence-electron chi connectivity index (χ2n) is 7.58. The summed E-state index contributed by atoms with van der Waals surface area (Å²) in [5.74, 6) is -0.116. The second-order valence-corrected chi connectivity index (χ2v) is 7.58. The summed E-state index contributed by atoms with van der Waals surface area (Å²) in [4.78, 5) is 38.0. The molecule has 0 aliphatic carbocycles. The molecule has 2 amide bonds. The number of carbonyl (C=O) groups excluding carboxylic acids is 3. The maximum Gasteiger partial charge on any atom is 0.311 e. The molecule has 7 heteroatoms. The van der Waals surface area contributed by atoms with Crippen LogP contribution >= 0.6 is 0 Å². The fraction of sp³-hybridized carbons (Fsp3) is 0.381. The number of nitrogens with zero attached hydrogens (tertiary/aromatic N) is 1. The highest BCUT2D eigenvalue weighted by Gasteiger charge is 2.32. The molecule has 0 radical (unpaired) electrons. The molecular formula is C21H23NO6. The van der Waals surface area contributed by atoms with Crippen molar-refractivity contribution < 1.29 is 28.6 Å². The van der Waals surface area contributed by atoms with Crippen LogP contribution in [0, 0.1) is 5.41 Å². The van der Waals surface area contributed by atoms with Gasteiger partial charge in [0.1, 0.15) is 24.7 Å². The van der Waals surface area contributed by atoms with Crippen LogP contribution in [-0.2, 0) is 9.53 Å². The molecule has 2 aromatic carbocycles. The SMILES string of the molecule is COc1ccc2c3c(ccc(OCCOC(=O)C(C)(C)C)c13)C(=O)N(C)C2=O. The highest BCUT2D eigenvalue weighted by atomic mass is 16.6. The number of methoxy groups -OCH3 is 1. The van der Waals surface area contributed by atoms with E-state index in [0.717, 1.165) is 4.90 Å². The van der Waals surface area contributed by atoms with Gasteiger partial charge in [-0.2, -0.15) is 0 Å². The van der Waals surface area contributed by atoms with Gasteiger partial charge in [0.2, 0.25) is 0 Å². The Morgan fingerprint density at radius 2 is 1.50 bits per heavy atom. The Kier molecular flexibility index (Phi) is 5.02. The quantitative estimate of drug-likeness (QED) is 0.447. The highest BCUT2D eigenvalue weighted by molar-refractivity contribution is 6.26. The van der Waals surface area contributed by atoms with Crippen molar-refractivity contribution in [1.29, 1.82) is 0 Å². The van der Waals surface area contributed by atoms with E-state index in [-0.39, 0.29) is 31.0 Å². The number of imide groups is 1. The summed E-state index contributed by atoms with van der Waals surface area (Å²) in [6.45, 7) is 5.54. The first-order chi connectivity index (χ1) is 13.2. The summed E-state index contributed by atoms with van der Waals surface area (Å²) in [7, 11) is 2.97. The van der Waals surface area contributed by atoms with Crippen molar-refractivity contribution in [3.63, 3.8) is 0 Å². The van der Waals surface area contributed by atoms with E-state index >= 15 is 0 Å². The summed E-state index contributed by atoms with van der Waals surface area (Å²) >= 11 is 0. The predicted molar refractivity (Wildman–Crippen MR) is 103 cm³/mol. The van der Waals surface area contributed by atoms with Gasteiger partial charge < -0.3 is 14.2 Å². The molecular weight excluding hydrogens is 362 g/mol. The molecule has 2 aromatic rings. The Balaban J connectivity index is 1.94. The van der Waals surface area contributed by atoms with Crippen LogP contribution in [0.2, 0.25) is 0 Å². The van der Waals surface area contributed by atoms with Crippen LogP contribution in [-0.4, -0.2) is 50.1 Å². The number of carbonyl (C=O) groups is 3. The summed E-state index contributed by atoms with van der Waals surface area (Å²) in [5, 5.41) is 1.06. The van der Waals surface area contributed by atoms with Crippen LogP contribution in [0.15, 0.2) is 24.3 Å². The molecule has 1 aliphatic rings. The molecule has 1 heterocycles. The third kappa shape index (κ3) is 3.28. The number of ether oxygens (including phenoxy) is 3. The summed E-state index contributed by atoms with van der Waals surface area (Å²) < 4.78 is 16.5. The van der Waals surface area contributed by atoms with Crippen molar-refractivity contribution in [1.82, 2.24) is 4.90 Å². The third-order valence-corrected chi connectivity index (χ3v) is 4.56. The maximum atomic E-state index is 12.5. The second kappa shape index (κ2) is 7.14. The van der Waals surface area contributed by atoms with E-state index in [0.29, 0.717) is 33.4 Å². The van der Waals surface area contributed by atoms with Gasteiger partial charge in [0.15, 0.2) is 0 Å². The Labute approximate surface area is 163 Å². The summed E-state index contributed by atoms with van der Waals surface area (Å²) in [5.41, 5.74) is 0.242. The lowest BCUT2D eigenvalue weighted by Crippen LogP contribution is -2.36. The zero-order valence-corrected chi connectivity index (χ0v) is 16.6. The number of amides is 2. The molecule has 0 atom stereocenters. The smallest absolute Gasteiger partial charge is 0.311 e. The monoisotopic (exact) mass is 385 g/mol. The van der Waals surface area contributed by atoms with E-state index in [1.54, 1.807) is 45.0 Å². The first-order valence-electron chi connectivity index (χ1n) is 8.93. The van der Waals surface area contributed by atoms with Gasteiger partial charge in [-0.1, -0.05) is 0 Å². The van der Waals surface area contributed by atoms with Gasteiger partial charge in [-0.05, 0) is 45.0 Å². The molecule has 0 unspecified atom stereocenters. The topological polar surface area (TPSA) is 82.1 Å². The molecule has 0 saturated heterocycles. The molecule has 0 bridgehead atoms. The van der Waals surface area contributed by atoms with Gasteiger partial charge in [-0.15, -0.1) is 0 Å². The Bertz CT molecular complexity index is 951. The van der Waals surface area contributed by atoms with Crippen LogP contribution in [0.5, 0.6) is 11.5 Å². The van der Waals surface area contributed by atoms with Crippen LogP contribution in [0.4, 0.5) is 0 Å². The van der Waals surface area contributed by atoms with Crippen LogP contribution in [0.3, 0.4) is 0 Å². The highest BCUT2D eigenvalue weighted by Crippen LogP contribution is 2.40. The Hall–Kier alpha value is -3.09. The Morgan fingerprint density at radius 1 is 0.929 bits per heavy atom. The van der Waals surface area contributed by atoms with E-state index in [2.05, 4.69) is 0 Å². The summed E-state index contributed by atoms with van der Waals surface area (Å²) in [6.07, 6.45) is 0. The number of esters is 1. The van der Waals surface area contributed by atoms with Crippen LogP contribution < -0.4 is 9.47 Å². The van der Waals surface area contributed by atoms with Crippen molar-refractivity contribution >= 4 is 28.6 Å². The van der Waals surface area contributed by atoms with Gasteiger partial charge in [-0.3, -0.25) is 19.3 Å². The minimum Gasteiger partial charge on any atom is -0.496 e. The maximum absolute atomic E-state index is 12.5. The average molecular weight is 385 g/mol. The van der Waals surface area contributed by atoms with E-state index in [1.165, 1.54) is 14.2 Å². The molecule has 0 saturated carbocycles. The number of hydrogen-bond donors (Lipinski definition) is 0. The first-order valence-corrected chi connectivity index (χ1v) is 8.93. The zero-order valence-electron chi connectivity index (χ0n) is 16.6. The third-order valence-electron chi connectivity index (χ3n) is 4.56. The minimum atomic E-state index is -0.587. The predicted octanol–water partition coefficient (Wildman–Crippen LogP) is 3.04. The molecule has 148 valence electrons. The van der Waals surface area contributed by atoms with Crippen molar-refractivity contribution in [3.8, 4) is 11.5 Å². The molecule has 0 N–H and O–H groups in total. The van der Waals surface area contributed by atoms with Gasteiger partial charge in [0.25, 0.3) is 11.8 Å². The average Bonchev–Trinajstić information content (AvgIpc) is 2.66. The molecule has 3 rings (SSSR count). The summed E-state index contributed by atoms with van der Waals surface area (Å²) in [6, 6.07) is 6.62. The van der Waals surface area contributed by atoms with Gasteiger partial charge in [0, 0.05) is 23.6 Å². The molecule has 28 heavy (non-hydrogen) atoms.